The molecule has 0 aromatic carbocycles. The van der Waals surface area contributed by atoms with Crippen LogP contribution in [0.25, 0.3) is 0 Å². The number of rotatable bonds is 4. The molecule has 1 aliphatic carbocycles. The van der Waals surface area contributed by atoms with Gasteiger partial charge in [0.05, 0.1) is 10.9 Å². The molecule has 2 unspecified atom stereocenters. The number of hydrogen-bond acceptors (Lipinski definition) is 4. The van der Waals surface area contributed by atoms with Gasteiger partial charge in [-0.1, -0.05) is 32.6 Å². The molecule has 0 aromatic heterocycles. The lowest BCUT2D eigenvalue weighted by molar-refractivity contribution is -0.152. The molecule has 114 valence electrons. The molecular formula is C14H24N2O3S. The number of carbonyl (C=O) groups excluding carboxylic acids is 1. The average molecular weight is 300 g/mol. The van der Waals surface area contributed by atoms with E-state index < -0.39 is 17.6 Å². The van der Waals surface area contributed by atoms with Crippen LogP contribution in [-0.2, 0) is 9.59 Å². The van der Waals surface area contributed by atoms with E-state index in [1.165, 1.54) is 0 Å². The van der Waals surface area contributed by atoms with Gasteiger partial charge in [-0.3, -0.25) is 4.79 Å². The standard InChI is InChI=1S/C14H24N2O3S/c1-2-6-11-16(10(9-20-11)12(17)18)13(19)14(15)7-4-3-5-8-14/h10-11H,2-9,15H2,1H3,(H,17,18). The molecule has 1 amide bonds. The van der Waals surface area contributed by atoms with Crippen molar-refractivity contribution in [1.82, 2.24) is 4.90 Å². The van der Waals surface area contributed by atoms with Crippen molar-refractivity contribution in [3.63, 3.8) is 0 Å². The minimum atomic E-state index is -0.913. The summed E-state index contributed by atoms with van der Waals surface area (Å²) in [7, 11) is 0. The van der Waals surface area contributed by atoms with Gasteiger partial charge in [0.1, 0.15) is 6.04 Å². The lowest BCUT2D eigenvalue weighted by Crippen LogP contribution is -2.60. The maximum atomic E-state index is 12.8. The number of carboxylic acid groups (broad SMARTS) is 1. The van der Waals surface area contributed by atoms with Crippen LogP contribution >= 0.6 is 11.8 Å². The van der Waals surface area contributed by atoms with Gasteiger partial charge in [0.15, 0.2) is 0 Å². The van der Waals surface area contributed by atoms with Crippen molar-refractivity contribution < 1.29 is 14.7 Å². The van der Waals surface area contributed by atoms with Crippen LogP contribution in [0.15, 0.2) is 0 Å². The number of thioether (sulfide) groups is 1. The minimum absolute atomic E-state index is 0.0315. The highest BCUT2D eigenvalue weighted by Gasteiger charge is 2.47. The summed E-state index contributed by atoms with van der Waals surface area (Å²) < 4.78 is 0. The molecule has 1 heterocycles. The third kappa shape index (κ3) is 2.96. The van der Waals surface area contributed by atoms with Crippen molar-refractivity contribution in [3.05, 3.63) is 0 Å². The fourth-order valence-electron chi connectivity index (χ4n) is 3.15. The number of nitrogens with two attached hydrogens (primary N) is 1. The summed E-state index contributed by atoms with van der Waals surface area (Å²) in [4.78, 5) is 25.8. The smallest absolute Gasteiger partial charge is 0.327 e. The maximum Gasteiger partial charge on any atom is 0.327 e. The second-order valence-corrected chi connectivity index (χ2v) is 7.07. The first-order valence-corrected chi connectivity index (χ1v) is 8.50. The molecule has 0 bridgehead atoms. The Morgan fingerprint density at radius 3 is 2.55 bits per heavy atom. The monoisotopic (exact) mass is 300 g/mol. The second kappa shape index (κ2) is 6.35. The van der Waals surface area contributed by atoms with E-state index in [1.807, 2.05) is 0 Å². The summed E-state index contributed by atoms with van der Waals surface area (Å²) in [5.74, 6) is -0.584. The highest BCUT2D eigenvalue weighted by atomic mass is 32.2. The molecule has 0 spiro atoms. The molecule has 20 heavy (non-hydrogen) atoms. The van der Waals surface area contributed by atoms with Gasteiger partial charge >= 0.3 is 5.97 Å². The van der Waals surface area contributed by atoms with Gasteiger partial charge in [-0.2, -0.15) is 0 Å². The van der Waals surface area contributed by atoms with Crippen LogP contribution in [0.1, 0.15) is 51.9 Å². The number of aliphatic carboxylic acids is 1. The SMILES string of the molecule is CCCC1SCC(C(=O)O)N1C(=O)C1(N)CCCCC1. The number of carbonyl (C=O) groups is 2. The number of amides is 1. The van der Waals surface area contributed by atoms with Gasteiger partial charge in [0.25, 0.3) is 0 Å². The molecule has 2 atom stereocenters. The van der Waals surface area contributed by atoms with Gasteiger partial charge in [-0.25, -0.2) is 4.79 Å². The van der Waals surface area contributed by atoms with E-state index in [0.717, 1.165) is 32.1 Å². The van der Waals surface area contributed by atoms with E-state index in [1.54, 1.807) is 16.7 Å². The van der Waals surface area contributed by atoms with Crippen molar-refractivity contribution in [3.8, 4) is 0 Å². The highest BCUT2D eigenvalue weighted by molar-refractivity contribution is 8.00. The van der Waals surface area contributed by atoms with E-state index in [4.69, 9.17) is 5.73 Å². The first-order valence-electron chi connectivity index (χ1n) is 7.45. The molecule has 0 radical (unpaired) electrons. The molecule has 5 nitrogen and oxygen atoms in total. The lowest BCUT2D eigenvalue weighted by Gasteiger charge is -2.38. The van der Waals surface area contributed by atoms with Crippen LogP contribution in [0.5, 0.6) is 0 Å². The summed E-state index contributed by atoms with van der Waals surface area (Å²) in [6.07, 6.45) is 6.15. The maximum absolute atomic E-state index is 12.8. The highest BCUT2D eigenvalue weighted by Crippen LogP contribution is 2.37. The molecular weight excluding hydrogens is 276 g/mol. The zero-order valence-electron chi connectivity index (χ0n) is 12.0. The summed E-state index contributed by atoms with van der Waals surface area (Å²) >= 11 is 1.57. The fraction of sp³-hybridized carbons (Fsp3) is 0.857. The Labute approximate surface area is 124 Å². The van der Waals surface area contributed by atoms with Crippen LogP contribution in [-0.4, -0.2) is 44.6 Å². The van der Waals surface area contributed by atoms with Crippen LogP contribution < -0.4 is 5.73 Å². The molecule has 2 rings (SSSR count). The molecule has 3 N–H and O–H groups in total. The third-order valence-corrected chi connectivity index (χ3v) is 5.68. The molecule has 0 aromatic rings. The quantitative estimate of drug-likeness (QED) is 0.827. The van der Waals surface area contributed by atoms with Crippen molar-refractivity contribution >= 4 is 23.6 Å². The predicted molar refractivity (Wildman–Crippen MR) is 79.4 cm³/mol. The van der Waals surface area contributed by atoms with E-state index in [9.17, 15) is 14.7 Å². The zero-order chi connectivity index (χ0) is 14.8. The summed E-state index contributed by atoms with van der Waals surface area (Å²) in [5.41, 5.74) is 5.47. The van der Waals surface area contributed by atoms with Gasteiger partial charge in [0.2, 0.25) is 5.91 Å². The first-order chi connectivity index (χ1) is 9.49. The Hall–Kier alpha value is -0.750. The molecule has 6 heteroatoms. The topological polar surface area (TPSA) is 83.6 Å². The lowest BCUT2D eigenvalue weighted by atomic mass is 9.81. The van der Waals surface area contributed by atoms with Crippen LogP contribution in [0.3, 0.4) is 0 Å². The second-order valence-electron chi connectivity index (χ2n) is 5.86. The van der Waals surface area contributed by atoms with Gasteiger partial charge < -0.3 is 15.7 Å². The Kier molecular flexibility index (Phi) is 4.96. The largest absolute Gasteiger partial charge is 0.480 e. The van der Waals surface area contributed by atoms with E-state index in [2.05, 4.69) is 6.92 Å². The van der Waals surface area contributed by atoms with Crippen LogP contribution in [0.4, 0.5) is 0 Å². The Morgan fingerprint density at radius 2 is 2.00 bits per heavy atom. The van der Waals surface area contributed by atoms with Crippen LogP contribution in [0.2, 0.25) is 0 Å². The molecule has 1 aliphatic heterocycles. The Bertz CT molecular complexity index is 383. The Balaban J connectivity index is 2.19. The Morgan fingerprint density at radius 1 is 1.35 bits per heavy atom. The molecule has 2 aliphatic rings. The van der Waals surface area contributed by atoms with Crippen molar-refractivity contribution in [1.29, 1.82) is 0 Å². The van der Waals surface area contributed by atoms with Crippen molar-refractivity contribution in [2.45, 2.75) is 68.8 Å². The van der Waals surface area contributed by atoms with E-state index in [0.29, 0.717) is 18.6 Å². The number of nitrogens with zero attached hydrogens (tertiary/aromatic N) is 1. The number of hydrogen-bond donors (Lipinski definition) is 2. The van der Waals surface area contributed by atoms with Crippen molar-refractivity contribution in [2.75, 3.05) is 5.75 Å². The normalized spacial score (nSPS) is 29.4. The number of carboxylic acids is 1. The third-order valence-electron chi connectivity index (χ3n) is 4.32. The van der Waals surface area contributed by atoms with Gasteiger partial charge in [-0.15, -0.1) is 11.8 Å². The van der Waals surface area contributed by atoms with E-state index >= 15 is 0 Å². The van der Waals surface area contributed by atoms with Crippen LogP contribution in [0, 0.1) is 0 Å². The fourth-order valence-corrected chi connectivity index (χ4v) is 4.66. The minimum Gasteiger partial charge on any atom is -0.480 e. The molecule has 1 saturated carbocycles. The van der Waals surface area contributed by atoms with Crippen molar-refractivity contribution in [2.24, 2.45) is 5.73 Å². The van der Waals surface area contributed by atoms with E-state index in [-0.39, 0.29) is 11.3 Å². The van der Waals surface area contributed by atoms with Gasteiger partial charge in [0, 0.05) is 5.75 Å². The zero-order valence-corrected chi connectivity index (χ0v) is 12.8. The summed E-state index contributed by atoms with van der Waals surface area (Å²) in [6, 6.07) is -0.716. The molecule has 1 saturated heterocycles. The van der Waals surface area contributed by atoms with Gasteiger partial charge in [-0.05, 0) is 19.3 Å². The average Bonchev–Trinajstić information content (AvgIpc) is 2.83. The molecule has 2 fully saturated rings. The first kappa shape index (κ1) is 15.6. The summed E-state index contributed by atoms with van der Waals surface area (Å²) in [6.45, 7) is 2.05. The predicted octanol–water partition coefficient (Wildman–Crippen LogP) is 1.80. The summed E-state index contributed by atoms with van der Waals surface area (Å²) in [5, 5.41) is 9.32.